The molecule has 1 aliphatic heterocycles. The molecule has 0 N–H and O–H groups in total. The molecule has 0 saturated carbocycles. The minimum absolute atomic E-state index is 0.00198. The van der Waals surface area contributed by atoms with E-state index in [0.29, 0.717) is 13.1 Å². The summed E-state index contributed by atoms with van der Waals surface area (Å²) in [6, 6.07) is 1.89. The number of fused-ring (bicyclic) bond motifs is 1. The maximum Gasteiger partial charge on any atom is 0.262 e. The standard InChI is InChI=1S/C15H24N6O2S/c1-4-19(5-2)8-14-10-20(9-13-6-7-17-21(13)14)24(22,23)15-11-18(3)12-16-15/h6-7,11-12,14H,4-5,8-10H2,1-3H3/t14-/m1/s1. The molecule has 8 nitrogen and oxygen atoms in total. The SMILES string of the molecule is CCN(CC)C[C@@H]1CN(S(=O)(=O)c2cn(C)cn2)Cc2ccnn21. The largest absolute Gasteiger partial charge is 0.339 e. The zero-order chi connectivity index (χ0) is 17.3. The first-order chi connectivity index (χ1) is 11.5. The molecule has 1 aliphatic rings. The van der Waals surface area contributed by atoms with Crippen molar-refractivity contribution in [2.75, 3.05) is 26.2 Å². The normalized spacial score (nSPS) is 18.9. The van der Waals surface area contributed by atoms with Crippen LogP contribution in [0.4, 0.5) is 0 Å². The smallest absolute Gasteiger partial charge is 0.262 e. The van der Waals surface area contributed by atoms with Crippen molar-refractivity contribution in [3.05, 3.63) is 30.5 Å². The summed E-state index contributed by atoms with van der Waals surface area (Å²) in [5.74, 6) is 0. The lowest BCUT2D eigenvalue weighted by Crippen LogP contribution is -2.45. The summed E-state index contributed by atoms with van der Waals surface area (Å²) < 4.78 is 30.9. The quantitative estimate of drug-likeness (QED) is 0.765. The van der Waals surface area contributed by atoms with Crippen LogP contribution in [0.15, 0.2) is 29.8 Å². The lowest BCUT2D eigenvalue weighted by molar-refractivity contribution is 0.190. The predicted molar refractivity (Wildman–Crippen MR) is 89.9 cm³/mol. The average Bonchev–Trinajstić information content (AvgIpc) is 3.21. The van der Waals surface area contributed by atoms with Gasteiger partial charge in [-0.15, -0.1) is 0 Å². The van der Waals surface area contributed by atoms with Crippen molar-refractivity contribution in [2.24, 2.45) is 7.05 Å². The van der Waals surface area contributed by atoms with Gasteiger partial charge in [-0.1, -0.05) is 13.8 Å². The van der Waals surface area contributed by atoms with Gasteiger partial charge in [-0.3, -0.25) is 4.68 Å². The van der Waals surface area contributed by atoms with Crippen LogP contribution < -0.4 is 0 Å². The number of sulfonamides is 1. The van der Waals surface area contributed by atoms with E-state index in [-0.39, 0.29) is 11.1 Å². The summed E-state index contributed by atoms with van der Waals surface area (Å²) >= 11 is 0. The third-order valence-electron chi connectivity index (χ3n) is 4.50. The number of aromatic nitrogens is 4. The highest BCUT2D eigenvalue weighted by atomic mass is 32.2. The van der Waals surface area contributed by atoms with E-state index in [0.717, 1.165) is 25.3 Å². The van der Waals surface area contributed by atoms with Crippen molar-refractivity contribution in [1.82, 2.24) is 28.5 Å². The first-order valence-corrected chi connectivity index (χ1v) is 9.62. The van der Waals surface area contributed by atoms with Crippen molar-refractivity contribution < 1.29 is 8.42 Å². The van der Waals surface area contributed by atoms with Gasteiger partial charge in [0.1, 0.15) is 0 Å². The van der Waals surface area contributed by atoms with Crippen LogP contribution in [0.1, 0.15) is 25.6 Å². The van der Waals surface area contributed by atoms with E-state index in [9.17, 15) is 8.42 Å². The van der Waals surface area contributed by atoms with Crippen molar-refractivity contribution in [3.8, 4) is 0 Å². The Bertz CT molecular complexity index is 793. The Balaban J connectivity index is 1.89. The molecule has 9 heteroatoms. The summed E-state index contributed by atoms with van der Waals surface area (Å²) in [6.07, 6.45) is 4.79. The molecule has 0 aliphatic carbocycles. The van der Waals surface area contributed by atoms with Crippen molar-refractivity contribution >= 4 is 10.0 Å². The van der Waals surface area contributed by atoms with Crippen LogP contribution in [0, 0.1) is 0 Å². The van der Waals surface area contributed by atoms with Crippen LogP contribution in [0.3, 0.4) is 0 Å². The maximum atomic E-state index is 12.9. The topological polar surface area (TPSA) is 76.3 Å². The van der Waals surface area contributed by atoms with Crippen LogP contribution in [-0.4, -0.2) is 63.1 Å². The zero-order valence-electron chi connectivity index (χ0n) is 14.3. The summed E-state index contributed by atoms with van der Waals surface area (Å²) in [6.45, 7) is 7.58. The lowest BCUT2D eigenvalue weighted by Gasteiger charge is -2.35. The second kappa shape index (κ2) is 6.66. The zero-order valence-corrected chi connectivity index (χ0v) is 15.1. The van der Waals surface area contributed by atoms with Gasteiger partial charge < -0.3 is 9.47 Å². The Morgan fingerprint density at radius 2 is 2.08 bits per heavy atom. The summed E-state index contributed by atoms with van der Waals surface area (Å²) in [5.41, 5.74) is 0.915. The van der Waals surface area contributed by atoms with E-state index in [4.69, 9.17) is 0 Å². The molecule has 0 radical (unpaired) electrons. The Hall–Kier alpha value is -1.71. The molecule has 0 spiro atoms. The van der Waals surface area contributed by atoms with E-state index >= 15 is 0 Å². The molecule has 24 heavy (non-hydrogen) atoms. The number of imidazole rings is 1. The molecule has 0 aromatic carbocycles. The van der Waals surface area contributed by atoms with Crippen molar-refractivity contribution in [3.63, 3.8) is 0 Å². The summed E-state index contributed by atoms with van der Waals surface area (Å²) in [5, 5.41) is 4.50. The Kier molecular flexibility index (Phi) is 4.75. The summed E-state index contributed by atoms with van der Waals surface area (Å²) in [4.78, 5) is 6.31. The van der Waals surface area contributed by atoms with Crippen molar-refractivity contribution in [1.29, 1.82) is 0 Å². The fraction of sp³-hybridized carbons (Fsp3) is 0.600. The fourth-order valence-corrected chi connectivity index (χ4v) is 4.52. The molecule has 3 heterocycles. The van der Waals surface area contributed by atoms with E-state index in [1.807, 2.05) is 10.7 Å². The van der Waals surface area contributed by atoms with E-state index in [1.165, 1.54) is 10.6 Å². The number of aryl methyl sites for hydroxylation is 1. The highest BCUT2D eigenvalue weighted by Crippen LogP contribution is 2.26. The number of nitrogens with zero attached hydrogens (tertiary/aromatic N) is 6. The first kappa shape index (κ1) is 17.1. The average molecular weight is 352 g/mol. The first-order valence-electron chi connectivity index (χ1n) is 8.18. The number of hydrogen-bond acceptors (Lipinski definition) is 5. The number of rotatable bonds is 6. The van der Waals surface area contributed by atoms with Crippen LogP contribution >= 0.6 is 0 Å². The molecule has 0 amide bonds. The van der Waals surface area contributed by atoms with E-state index in [1.54, 1.807) is 24.0 Å². The van der Waals surface area contributed by atoms with Gasteiger partial charge in [-0.2, -0.15) is 9.40 Å². The third kappa shape index (κ3) is 3.11. The van der Waals surface area contributed by atoms with E-state index in [2.05, 4.69) is 28.8 Å². The van der Waals surface area contributed by atoms with Gasteiger partial charge in [0.05, 0.1) is 24.6 Å². The molecular formula is C15H24N6O2S. The highest BCUT2D eigenvalue weighted by Gasteiger charge is 2.35. The molecular weight excluding hydrogens is 328 g/mol. The van der Waals surface area contributed by atoms with Gasteiger partial charge in [0.25, 0.3) is 10.0 Å². The maximum absolute atomic E-state index is 12.9. The molecule has 0 bridgehead atoms. The predicted octanol–water partition coefficient (Wildman–Crippen LogP) is 0.704. The molecule has 0 fully saturated rings. The van der Waals surface area contributed by atoms with Gasteiger partial charge in [0.2, 0.25) is 0 Å². The van der Waals surface area contributed by atoms with Gasteiger partial charge in [-0.25, -0.2) is 13.4 Å². The molecule has 1 atom stereocenters. The van der Waals surface area contributed by atoms with Gasteiger partial charge in [-0.05, 0) is 19.2 Å². The van der Waals surface area contributed by atoms with Gasteiger partial charge in [0, 0.05) is 32.5 Å². The number of likely N-dealkylation sites (N-methyl/N-ethyl adjacent to an activating group) is 1. The van der Waals surface area contributed by atoms with Crippen LogP contribution in [0.5, 0.6) is 0 Å². The fourth-order valence-electron chi connectivity index (χ4n) is 3.11. The Labute approximate surface area is 142 Å². The third-order valence-corrected chi connectivity index (χ3v) is 6.20. The minimum Gasteiger partial charge on any atom is -0.339 e. The summed E-state index contributed by atoms with van der Waals surface area (Å²) in [7, 11) is -1.84. The minimum atomic E-state index is -3.60. The van der Waals surface area contributed by atoms with Crippen LogP contribution in [0.25, 0.3) is 0 Å². The second-order valence-electron chi connectivity index (χ2n) is 6.08. The van der Waals surface area contributed by atoms with Gasteiger partial charge >= 0.3 is 0 Å². The molecule has 0 saturated heterocycles. The monoisotopic (exact) mass is 352 g/mol. The van der Waals surface area contributed by atoms with E-state index < -0.39 is 10.0 Å². The molecule has 2 aromatic heterocycles. The highest BCUT2D eigenvalue weighted by molar-refractivity contribution is 7.89. The van der Waals surface area contributed by atoms with Gasteiger partial charge in [0.15, 0.2) is 5.03 Å². The Morgan fingerprint density at radius 3 is 2.71 bits per heavy atom. The van der Waals surface area contributed by atoms with Crippen molar-refractivity contribution in [2.45, 2.75) is 31.5 Å². The molecule has 2 aromatic rings. The van der Waals surface area contributed by atoms with Crippen LogP contribution in [0.2, 0.25) is 0 Å². The lowest BCUT2D eigenvalue weighted by atomic mass is 10.2. The molecule has 132 valence electrons. The molecule has 0 unspecified atom stereocenters. The Morgan fingerprint density at radius 1 is 1.33 bits per heavy atom. The number of hydrogen-bond donors (Lipinski definition) is 0. The van der Waals surface area contributed by atoms with Crippen LogP contribution in [-0.2, 0) is 23.6 Å². The second-order valence-corrected chi connectivity index (χ2v) is 7.97. The molecule has 3 rings (SSSR count).